The van der Waals surface area contributed by atoms with Gasteiger partial charge in [-0.2, -0.15) is 0 Å². The summed E-state index contributed by atoms with van der Waals surface area (Å²) < 4.78 is 38.2. The molecule has 7 aliphatic rings. The minimum absolute atomic E-state index is 0.0987. The third-order valence-electron chi connectivity index (χ3n) is 13.1. The molecule has 44 heavy (non-hydrogen) atoms. The summed E-state index contributed by atoms with van der Waals surface area (Å²) in [4.78, 5) is 14.4. The molecular formula is C35H49NO8. The fraction of sp³-hybridized carbons (Fsp3) is 0.800. The molecule has 9 heteroatoms. The summed E-state index contributed by atoms with van der Waals surface area (Å²) in [5.41, 5.74) is -0.961. The van der Waals surface area contributed by atoms with E-state index >= 15 is 0 Å². The fourth-order valence-corrected chi connectivity index (χ4v) is 11.2. The van der Waals surface area contributed by atoms with Gasteiger partial charge < -0.3 is 33.5 Å². The van der Waals surface area contributed by atoms with E-state index in [1.165, 1.54) is 0 Å². The van der Waals surface area contributed by atoms with Gasteiger partial charge >= 0.3 is 6.09 Å². The average Bonchev–Trinajstić information content (AvgIpc) is 3.24. The number of epoxide rings is 1. The number of rotatable bonds is 2. The zero-order chi connectivity index (χ0) is 31.0. The molecule has 0 bridgehead atoms. The number of nitrogens with zero attached hydrogens (tertiary/aromatic N) is 1. The summed E-state index contributed by atoms with van der Waals surface area (Å²) in [5.74, 6) is -0.498. The van der Waals surface area contributed by atoms with Crippen LogP contribution >= 0.6 is 0 Å². The van der Waals surface area contributed by atoms with Crippen molar-refractivity contribution >= 4 is 11.8 Å². The summed E-state index contributed by atoms with van der Waals surface area (Å²) in [6, 6.07) is 8.24. The van der Waals surface area contributed by atoms with Gasteiger partial charge in [0.05, 0.1) is 37.4 Å². The minimum Gasteiger partial charge on any atom is -0.443 e. The summed E-state index contributed by atoms with van der Waals surface area (Å²) >= 11 is 0. The molecule has 7 fully saturated rings. The largest absolute Gasteiger partial charge is 0.443 e. The van der Waals surface area contributed by atoms with Crippen LogP contribution in [0.3, 0.4) is 0 Å². The van der Waals surface area contributed by atoms with Crippen molar-refractivity contribution in [1.29, 1.82) is 0 Å². The second-order valence-electron chi connectivity index (χ2n) is 16.2. The summed E-state index contributed by atoms with van der Waals surface area (Å²) in [6.45, 7) is 12.7. The highest BCUT2D eigenvalue weighted by atomic mass is 16.7. The van der Waals surface area contributed by atoms with Gasteiger partial charge in [0.25, 0.3) is 0 Å². The molecule has 0 unspecified atom stereocenters. The average molecular weight is 612 g/mol. The van der Waals surface area contributed by atoms with Gasteiger partial charge in [0.2, 0.25) is 0 Å². The highest BCUT2D eigenvalue weighted by molar-refractivity contribution is 5.87. The fourth-order valence-electron chi connectivity index (χ4n) is 11.2. The van der Waals surface area contributed by atoms with Crippen molar-refractivity contribution in [3.63, 3.8) is 0 Å². The van der Waals surface area contributed by atoms with Gasteiger partial charge in [-0.3, -0.25) is 4.90 Å². The molecular weight excluding hydrogens is 562 g/mol. The topological polar surface area (TPSA) is 99.2 Å². The van der Waals surface area contributed by atoms with E-state index < -0.39 is 39.9 Å². The Morgan fingerprint density at radius 2 is 1.59 bits per heavy atom. The smallest absolute Gasteiger partial charge is 0.414 e. The maximum Gasteiger partial charge on any atom is 0.414 e. The van der Waals surface area contributed by atoms with Crippen LogP contribution in [0.1, 0.15) is 85.1 Å². The van der Waals surface area contributed by atoms with Gasteiger partial charge in [-0.1, -0.05) is 26.0 Å². The molecule has 1 aromatic rings. The van der Waals surface area contributed by atoms with Crippen molar-refractivity contribution in [1.82, 2.24) is 0 Å². The molecule has 1 N–H and O–H groups in total. The number of fused-ring (bicyclic) bond motifs is 9. The van der Waals surface area contributed by atoms with Crippen LogP contribution in [0.2, 0.25) is 0 Å². The Kier molecular flexibility index (Phi) is 6.19. The Morgan fingerprint density at radius 1 is 0.932 bits per heavy atom. The lowest BCUT2D eigenvalue weighted by molar-refractivity contribution is -0.295. The molecule has 2 spiro atoms. The summed E-state index contributed by atoms with van der Waals surface area (Å²) in [6.07, 6.45) is 5.13. The summed E-state index contributed by atoms with van der Waals surface area (Å²) in [5, 5.41) is 12.7. The number of benzene rings is 1. The maximum atomic E-state index is 12.9. The molecule has 1 aromatic carbocycles. The van der Waals surface area contributed by atoms with E-state index in [4.69, 9.17) is 28.4 Å². The van der Waals surface area contributed by atoms with Crippen LogP contribution in [0.5, 0.6) is 0 Å². The predicted octanol–water partition coefficient (Wildman–Crippen LogP) is 5.52. The van der Waals surface area contributed by atoms with Crippen LogP contribution in [0.25, 0.3) is 0 Å². The number of hydrogen-bond acceptors (Lipinski definition) is 8. The van der Waals surface area contributed by atoms with Gasteiger partial charge in [-0.05, 0) is 76.0 Å². The Hall–Kier alpha value is -1.75. The van der Waals surface area contributed by atoms with Crippen LogP contribution in [0.4, 0.5) is 10.5 Å². The third kappa shape index (κ3) is 3.71. The molecule has 242 valence electrons. The molecule has 4 aliphatic carbocycles. The molecule has 8 rings (SSSR count). The molecule has 3 heterocycles. The molecule has 9 nitrogen and oxygen atoms in total. The van der Waals surface area contributed by atoms with Crippen molar-refractivity contribution in [3.8, 4) is 0 Å². The molecule has 0 aromatic heterocycles. The molecule has 4 saturated carbocycles. The maximum absolute atomic E-state index is 12.9. The first kappa shape index (κ1) is 29.6. The van der Waals surface area contributed by atoms with Crippen LogP contribution < -0.4 is 4.90 Å². The first-order valence-electron chi connectivity index (χ1n) is 16.8. The minimum atomic E-state index is -0.929. The first-order chi connectivity index (χ1) is 20.7. The molecule has 3 saturated heterocycles. The number of carbonyl (C=O) groups is 1. The zero-order valence-electron chi connectivity index (χ0n) is 27.1. The van der Waals surface area contributed by atoms with Crippen molar-refractivity contribution in [3.05, 3.63) is 29.8 Å². The van der Waals surface area contributed by atoms with Crippen LogP contribution in [0.15, 0.2) is 24.3 Å². The van der Waals surface area contributed by atoms with Crippen LogP contribution in [-0.4, -0.2) is 73.6 Å². The lowest BCUT2D eigenvalue weighted by Gasteiger charge is -2.65. The van der Waals surface area contributed by atoms with Gasteiger partial charge in [0.1, 0.15) is 17.3 Å². The van der Waals surface area contributed by atoms with Crippen molar-refractivity contribution < 1.29 is 38.3 Å². The Labute approximate surface area is 260 Å². The standard InChI is InChI=1S/C35H49NO8/c1-29(2,3)44-28(37)36(6)23-9-7-22(8-10-23)35-26-24(25-12-14-34(41-19-20-42-34)31(25,5)27(35)43-35)11-13-32(38)21-33(39-17-18-40-33)16-15-30(26,32)4/h7-10,24-27,38H,11-21H2,1-6H3/t24-,25-,26-,27+,30+,31+,32+,35-/m0/s1. The lowest BCUT2D eigenvalue weighted by Crippen LogP contribution is -2.69. The molecule has 1 amide bonds. The molecule has 3 aliphatic heterocycles. The van der Waals surface area contributed by atoms with Gasteiger partial charge in [0.15, 0.2) is 11.6 Å². The van der Waals surface area contributed by atoms with E-state index in [1.54, 1.807) is 11.9 Å². The predicted molar refractivity (Wildman–Crippen MR) is 161 cm³/mol. The molecule has 8 atom stereocenters. The Balaban J connectivity index is 1.21. The normalized spacial score (nSPS) is 44.5. The SMILES string of the molecule is CN(C(=O)OC(C)(C)C)c1ccc([C@@]23O[C@@H]2[C@@]2(C)[C@@H](CCC24OCCO4)[C@@H]2CC[C@@]4(O)CC5(CC[C@]4(C)[C@H]23)OCCO5)cc1. The molecule has 0 radical (unpaired) electrons. The number of hydrogen-bond donors (Lipinski definition) is 1. The van der Waals surface area contributed by atoms with Gasteiger partial charge in [-0.15, -0.1) is 0 Å². The Bertz CT molecular complexity index is 1330. The van der Waals surface area contributed by atoms with Crippen molar-refractivity contribution in [2.45, 2.75) is 114 Å². The van der Waals surface area contributed by atoms with Gasteiger partial charge in [0, 0.05) is 43.3 Å². The van der Waals surface area contributed by atoms with Crippen molar-refractivity contribution in [2.75, 3.05) is 38.4 Å². The van der Waals surface area contributed by atoms with E-state index in [0.717, 1.165) is 49.8 Å². The third-order valence-corrected chi connectivity index (χ3v) is 13.1. The summed E-state index contributed by atoms with van der Waals surface area (Å²) in [7, 11) is 1.74. The van der Waals surface area contributed by atoms with Gasteiger partial charge in [-0.25, -0.2) is 4.79 Å². The number of aliphatic hydroxyl groups is 1. The second kappa shape index (κ2) is 9.20. The number of anilines is 1. The zero-order valence-corrected chi connectivity index (χ0v) is 27.1. The van der Waals surface area contributed by atoms with Crippen LogP contribution in [-0.2, 0) is 34.0 Å². The van der Waals surface area contributed by atoms with Crippen molar-refractivity contribution in [2.24, 2.45) is 28.6 Å². The van der Waals surface area contributed by atoms with E-state index in [9.17, 15) is 9.90 Å². The highest BCUT2D eigenvalue weighted by Gasteiger charge is 2.86. The van der Waals surface area contributed by atoms with E-state index in [2.05, 4.69) is 26.0 Å². The number of carbonyl (C=O) groups excluding carboxylic acids is 1. The van der Waals surface area contributed by atoms with E-state index in [0.29, 0.717) is 44.7 Å². The lowest BCUT2D eigenvalue weighted by atomic mass is 9.40. The van der Waals surface area contributed by atoms with E-state index in [1.807, 2.05) is 32.9 Å². The number of amides is 1. The van der Waals surface area contributed by atoms with Crippen LogP contribution in [0, 0.1) is 28.6 Å². The first-order valence-corrected chi connectivity index (χ1v) is 16.8. The van der Waals surface area contributed by atoms with E-state index in [-0.39, 0.29) is 17.4 Å². The Morgan fingerprint density at radius 3 is 2.25 bits per heavy atom. The second-order valence-corrected chi connectivity index (χ2v) is 16.2. The highest BCUT2D eigenvalue weighted by Crippen LogP contribution is 2.81. The number of ether oxygens (including phenoxy) is 6. The quantitative estimate of drug-likeness (QED) is 0.437. The monoisotopic (exact) mass is 611 g/mol.